The van der Waals surface area contributed by atoms with Crippen LogP contribution in [-0.4, -0.2) is 44.7 Å². The van der Waals surface area contributed by atoms with Gasteiger partial charge >= 0.3 is 0 Å². The number of para-hydroxylation sites is 2. The van der Waals surface area contributed by atoms with Crippen LogP contribution in [0, 0.1) is 0 Å². The minimum Gasteiger partial charge on any atom is -0.390 e. The Morgan fingerprint density at radius 2 is 2.19 bits per heavy atom. The highest BCUT2D eigenvalue weighted by Gasteiger charge is 2.20. The van der Waals surface area contributed by atoms with Gasteiger partial charge in [0.2, 0.25) is 0 Å². The second kappa shape index (κ2) is 5.51. The number of nitrogens with two attached hydrogens (primary N) is 1. The molecule has 1 aromatic carbocycles. The molecule has 1 atom stereocenters. The van der Waals surface area contributed by atoms with Crippen LogP contribution < -0.4 is 11.1 Å². The molecule has 110 valence electrons. The van der Waals surface area contributed by atoms with Crippen LogP contribution in [0.2, 0.25) is 0 Å². The Kier molecular flexibility index (Phi) is 3.55. The van der Waals surface area contributed by atoms with Crippen LogP contribution in [0.1, 0.15) is 0 Å². The fraction of sp³-hybridized carbons (Fsp3) is 0.308. The van der Waals surface area contributed by atoms with Gasteiger partial charge in [-0.3, -0.25) is 0 Å². The minimum atomic E-state index is -0.563. The molecule has 0 amide bonds. The Bertz CT molecular complexity index is 750. The normalized spacial score (nSPS) is 12.9. The molecule has 0 saturated heterocycles. The van der Waals surface area contributed by atoms with Crippen LogP contribution in [0.4, 0.5) is 5.82 Å². The molecule has 4 N–H and O–H groups in total. The highest BCUT2D eigenvalue weighted by atomic mass is 16.6. The average molecular weight is 288 g/mol. The summed E-state index contributed by atoms with van der Waals surface area (Å²) in [6.07, 6.45) is -0.563. The highest BCUT2D eigenvalue weighted by molar-refractivity contribution is 5.81. The van der Waals surface area contributed by atoms with Crippen molar-refractivity contribution in [3.05, 3.63) is 24.3 Å². The summed E-state index contributed by atoms with van der Waals surface area (Å²) in [7, 11) is 1.79. The number of rotatable bonds is 5. The molecule has 0 aliphatic heterocycles. The first-order chi connectivity index (χ1) is 10.2. The third kappa shape index (κ3) is 2.46. The van der Waals surface area contributed by atoms with Gasteiger partial charge < -0.3 is 20.7 Å². The highest BCUT2D eigenvalue weighted by Crippen LogP contribution is 2.26. The predicted octanol–water partition coefficient (Wildman–Crippen LogP) is 0.249. The van der Waals surface area contributed by atoms with Gasteiger partial charge in [-0.15, -0.1) is 0 Å². The van der Waals surface area contributed by atoms with Gasteiger partial charge in [0, 0.05) is 6.54 Å². The Hall–Kier alpha value is -2.45. The second-order valence-electron chi connectivity index (χ2n) is 4.74. The first-order valence-electron chi connectivity index (χ1n) is 6.57. The Balaban J connectivity index is 2.12. The maximum atomic E-state index is 10.1. The summed E-state index contributed by atoms with van der Waals surface area (Å²) in [6, 6.07) is 7.64. The number of hydrogen-bond acceptors (Lipinski definition) is 7. The topological polar surface area (TPSA) is 115 Å². The van der Waals surface area contributed by atoms with Gasteiger partial charge in [0.1, 0.15) is 0 Å². The van der Waals surface area contributed by atoms with Crippen molar-refractivity contribution in [1.82, 2.24) is 25.2 Å². The maximum absolute atomic E-state index is 10.1. The van der Waals surface area contributed by atoms with Crippen LogP contribution in [0.25, 0.3) is 22.6 Å². The zero-order chi connectivity index (χ0) is 14.8. The van der Waals surface area contributed by atoms with E-state index in [0.29, 0.717) is 24.6 Å². The van der Waals surface area contributed by atoms with Gasteiger partial charge in [-0.2, -0.15) is 0 Å². The SMILES string of the molecule is CNCC(O)Cn1c(-c2nonc2N)nc2ccccc21. The van der Waals surface area contributed by atoms with Gasteiger partial charge in [0.15, 0.2) is 17.3 Å². The van der Waals surface area contributed by atoms with Crippen LogP contribution in [0.15, 0.2) is 28.9 Å². The molecule has 2 aromatic heterocycles. The Morgan fingerprint density at radius 3 is 2.90 bits per heavy atom. The molecule has 0 spiro atoms. The molecule has 0 saturated carbocycles. The number of fused-ring (bicyclic) bond motifs is 1. The molecule has 8 heteroatoms. The van der Waals surface area contributed by atoms with E-state index in [1.807, 2.05) is 28.8 Å². The van der Waals surface area contributed by atoms with Crippen molar-refractivity contribution in [1.29, 1.82) is 0 Å². The van der Waals surface area contributed by atoms with Gasteiger partial charge in [-0.05, 0) is 29.5 Å². The number of aliphatic hydroxyl groups is 1. The van der Waals surface area contributed by atoms with Gasteiger partial charge in [0.25, 0.3) is 0 Å². The molecule has 0 bridgehead atoms. The summed E-state index contributed by atoms with van der Waals surface area (Å²) < 4.78 is 6.52. The van der Waals surface area contributed by atoms with Crippen LogP contribution >= 0.6 is 0 Å². The monoisotopic (exact) mass is 288 g/mol. The largest absolute Gasteiger partial charge is 0.390 e. The lowest BCUT2D eigenvalue weighted by Crippen LogP contribution is -2.28. The molecule has 3 aromatic rings. The van der Waals surface area contributed by atoms with Crippen molar-refractivity contribution in [2.45, 2.75) is 12.6 Å². The van der Waals surface area contributed by atoms with E-state index in [0.717, 1.165) is 11.0 Å². The van der Waals surface area contributed by atoms with Crippen LogP contribution in [0.3, 0.4) is 0 Å². The fourth-order valence-electron chi connectivity index (χ4n) is 2.30. The third-order valence-corrected chi connectivity index (χ3v) is 3.21. The number of imidazole rings is 1. The van der Waals surface area contributed by atoms with Crippen LogP contribution in [0.5, 0.6) is 0 Å². The zero-order valence-electron chi connectivity index (χ0n) is 11.5. The standard InChI is InChI=1S/C13H16N6O2/c1-15-6-8(20)7-19-10-5-3-2-4-9(10)16-13(19)11-12(14)18-21-17-11/h2-5,8,15,20H,6-7H2,1H3,(H2,14,18). The number of aliphatic hydroxyl groups excluding tert-OH is 1. The van der Waals surface area contributed by atoms with Crippen LogP contribution in [-0.2, 0) is 6.54 Å². The molecule has 3 rings (SSSR count). The number of nitrogen functional groups attached to an aromatic ring is 1. The van der Waals surface area contributed by atoms with Crippen molar-refractivity contribution < 1.29 is 9.74 Å². The molecule has 0 aliphatic carbocycles. The molecule has 0 fully saturated rings. The molecule has 2 heterocycles. The lowest BCUT2D eigenvalue weighted by molar-refractivity contribution is 0.156. The van der Waals surface area contributed by atoms with Crippen molar-refractivity contribution >= 4 is 16.9 Å². The second-order valence-corrected chi connectivity index (χ2v) is 4.74. The van der Waals surface area contributed by atoms with E-state index < -0.39 is 6.10 Å². The number of nitrogens with zero attached hydrogens (tertiary/aromatic N) is 4. The summed E-state index contributed by atoms with van der Waals surface area (Å²) in [5.74, 6) is 0.708. The lowest BCUT2D eigenvalue weighted by atomic mass is 10.3. The number of hydrogen-bond donors (Lipinski definition) is 3. The first-order valence-corrected chi connectivity index (χ1v) is 6.57. The van der Waals surface area contributed by atoms with Crippen molar-refractivity contribution in [3.63, 3.8) is 0 Å². The van der Waals surface area contributed by atoms with Crippen molar-refractivity contribution in [2.24, 2.45) is 0 Å². The van der Waals surface area contributed by atoms with E-state index >= 15 is 0 Å². The third-order valence-electron chi connectivity index (χ3n) is 3.21. The first kappa shape index (κ1) is 13.5. The van der Waals surface area contributed by atoms with Gasteiger partial charge in [-0.25, -0.2) is 9.61 Å². The maximum Gasteiger partial charge on any atom is 0.199 e. The fourth-order valence-corrected chi connectivity index (χ4v) is 2.30. The molecule has 1 unspecified atom stereocenters. The quantitative estimate of drug-likeness (QED) is 0.616. The van der Waals surface area contributed by atoms with Crippen molar-refractivity contribution in [2.75, 3.05) is 19.3 Å². The van der Waals surface area contributed by atoms with E-state index in [-0.39, 0.29) is 5.82 Å². The number of likely N-dealkylation sites (N-methyl/N-ethyl adjacent to an activating group) is 1. The molecule has 21 heavy (non-hydrogen) atoms. The van der Waals surface area contributed by atoms with E-state index in [2.05, 4.69) is 25.2 Å². The summed E-state index contributed by atoms with van der Waals surface area (Å²) in [6.45, 7) is 0.835. The lowest BCUT2D eigenvalue weighted by Gasteiger charge is -2.13. The molecular weight excluding hydrogens is 272 g/mol. The Morgan fingerprint density at radius 1 is 1.38 bits per heavy atom. The number of benzene rings is 1. The zero-order valence-corrected chi connectivity index (χ0v) is 11.5. The minimum absolute atomic E-state index is 0.176. The summed E-state index contributed by atoms with van der Waals surface area (Å²) in [5.41, 5.74) is 7.83. The molecular formula is C13H16N6O2. The summed E-state index contributed by atoms with van der Waals surface area (Å²) in [5, 5.41) is 20.4. The van der Waals surface area contributed by atoms with E-state index in [4.69, 9.17) is 5.73 Å². The van der Waals surface area contributed by atoms with E-state index in [1.54, 1.807) is 7.05 Å². The molecule has 0 radical (unpaired) electrons. The van der Waals surface area contributed by atoms with Gasteiger partial charge in [0.05, 0.1) is 23.7 Å². The predicted molar refractivity (Wildman–Crippen MR) is 77.4 cm³/mol. The number of anilines is 1. The van der Waals surface area contributed by atoms with E-state index in [1.165, 1.54) is 0 Å². The Labute approximate surface area is 120 Å². The number of aromatic nitrogens is 4. The summed E-state index contributed by atoms with van der Waals surface area (Å²) in [4.78, 5) is 4.52. The molecule has 8 nitrogen and oxygen atoms in total. The summed E-state index contributed by atoms with van der Waals surface area (Å²) >= 11 is 0. The average Bonchev–Trinajstić information content (AvgIpc) is 3.03. The van der Waals surface area contributed by atoms with Crippen molar-refractivity contribution in [3.8, 4) is 11.5 Å². The van der Waals surface area contributed by atoms with Gasteiger partial charge in [-0.1, -0.05) is 12.1 Å². The number of nitrogens with one attached hydrogen (secondary N) is 1. The smallest absolute Gasteiger partial charge is 0.199 e. The van der Waals surface area contributed by atoms with E-state index in [9.17, 15) is 5.11 Å². The molecule has 0 aliphatic rings.